The summed E-state index contributed by atoms with van der Waals surface area (Å²) >= 11 is 0. The van der Waals surface area contributed by atoms with Crippen molar-refractivity contribution in [3.05, 3.63) is 23.0 Å². The summed E-state index contributed by atoms with van der Waals surface area (Å²) in [6, 6.07) is -1.19. The van der Waals surface area contributed by atoms with Crippen molar-refractivity contribution in [3.8, 4) is 0 Å². The molecule has 22 nitrogen and oxygen atoms in total. The zero-order valence-corrected chi connectivity index (χ0v) is 27.0. The largest absolute Gasteiger partial charge is 0.480 e. The molecule has 6 rings (SSSR count). The maximum absolute atomic E-state index is 13.3. The van der Waals surface area contributed by atoms with Gasteiger partial charge in [-0.2, -0.15) is 4.98 Å². The number of carboxylic acids is 1. The molecule has 0 radical (unpaired) electrons. The van der Waals surface area contributed by atoms with Gasteiger partial charge in [0.2, 0.25) is 5.95 Å². The Morgan fingerprint density at radius 2 is 1.92 bits per heavy atom. The van der Waals surface area contributed by atoms with E-state index in [0.717, 1.165) is 0 Å². The van der Waals surface area contributed by atoms with Crippen LogP contribution in [-0.2, 0) is 24.2 Å². The fourth-order valence-electron chi connectivity index (χ4n) is 5.98. The molecule has 5 atom stereocenters. The molecule has 3 aliphatic heterocycles. The lowest BCUT2D eigenvalue weighted by atomic mass is 9.95. The number of aromatic amines is 1. The molecule has 1 amide bonds. The van der Waals surface area contributed by atoms with Crippen LogP contribution >= 0.6 is 0 Å². The van der Waals surface area contributed by atoms with Crippen molar-refractivity contribution in [2.24, 2.45) is 4.99 Å². The number of amides is 1. The highest BCUT2D eigenvalue weighted by Crippen LogP contribution is 2.33. The number of nitrogen functional groups attached to an aromatic ring is 2. The number of carbonyl (C=O) groups excluding carboxylic acids is 1. The molecule has 3 aromatic heterocycles. The van der Waals surface area contributed by atoms with E-state index < -0.39 is 74.9 Å². The van der Waals surface area contributed by atoms with Crippen molar-refractivity contribution in [2.45, 2.75) is 50.0 Å². The number of aliphatic imine (C=N–C) groups is 1. The maximum atomic E-state index is 13.3. The number of carboxylic acid groups (broad SMARTS) is 1. The van der Waals surface area contributed by atoms with Gasteiger partial charge in [0.1, 0.15) is 41.9 Å². The highest BCUT2D eigenvalue weighted by atomic mass is 32.2. The Morgan fingerprint density at radius 3 is 2.65 bits per heavy atom. The Bertz CT molecular complexity index is 2000. The van der Waals surface area contributed by atoms with Gasteiger partial charge in [0.25, 0.3) is 11.5 Å². The molecule has 0 aliphatic carbocycles. The Balaban J connectivity index is 1.07. The summed E-state index contributed by atoms with van der Waals surface area (Å²) < 4.78 is 33.4. The van der Waals surface area contributed by atoms with E-state index in [9.17, 15) is 38.1 Å². The first-order chi connectivity index (χ1) is 23.0. The molecule has 6 heterocycles. The van der Waals surface area contributed by atoms with Crippen LogP contribution in [0.5, 0.6) is 0 Å². The van der Waals surface area contributed by atoms with E-state index in [4.69, 9.17) is 16.2 Å². The number of carbonyl (C=O) groups is 2. The fourth-order valence-corrected chi connectivity index (χ4v) is 7.44. The average Bonchev–Trinajstić information content (AvgIpc) is 3.56. The molecule has 23 heteroatoms. The summed E-state index contributed by atoms with van der Waals surface area (Å²) in [5, 5.41) is 35.7. The Kier molecular flexibility index (Phi) is 8.74. The summed E-state index contributed by atoms with van der Waals surface area (Å²) in [4.78, 5) is 61.9. The van der Waals surface area contributed by atoms with E-state index >= 15 is 0 Å². The summed E-state index contributed by atoms with van der Waals surface area (Å²) in [7, 11) is -3.95. The number of sulfone groups is 1. The number of aromatic nitrogens is 6. The van der Waals surface area contributed by atoms with E-state index in [2.05, 4.69) is 40.7 Å². The predicted molar refractivity (Wildman–Crippen MR) is 171 cm³/mol. The number of piperazine rings is 1. The molecular formula is C26H35N13O9S. The molecule has 0 spiro atoms. The van der Waals surface area contributed by atoms with Crippen LogP contribution in [0.15, 0.2) is 22.4 Å². The van der Waals surface area contributed by atoms with Crippen LogP contribution < -0.4 is 27.8 Å². The lowest BCUT2D eigenvalue weighted by Crippen LogP contribution is -2.63. The van der Waals surface area contributed by atoms with Crippen LogP contribution in [-0.4, -0.2) is 148 Å². The first-order valence-corrected chi connectivity index (χ1v) is 16.8. The third kappa shape index (κ3) is 6.62. The molecular weight excluding hydrogens is 670 g/mol. The SMILES string of the molecule is CC1(C)Nc2nc(N)[nH]c(=O)c2N=C1C(=O)NN1CCN(CCS(=O)(=O)C[C@H]2O[C@@H](n3cnc4c(N)ncnc43)C(O)C2O)C(C(=O)O)C1. The van der Waals surface area contributed by atoms with Gasteiger partial charge in [-0.15, -0.1) is 0 Å². The van der Waals surface area contributed by atoms with Gasteiger partial charge in [-0.3, -0.25) is 34.3 Å². The Labute approximate surface area is 277 Å². The number of rotatable bonds is 9. The van der Waals surface area contributed by atoms with Gasteiger partial charge in [-0.25, -0.2) is 33.4 Å². The lowest BCUT2D eigenvalue weighted by Gasteiger charge is -2.40. The van der Waals surface area contributed by atoms with Gasteiger partial charge in [0.05, 0.1) is 23.4 Å². The smallest absolute Gasteiger partial charge is 0.322 e. The second-order valence-electron chi connectivity index (χ2n) is 12.4. The van der Waals surface area contributed by atoms with Crippen molar-refractivity contribution in [3.63, 3.8) is 0 Å². The van der Waals surface area contributed by atoms with Crippen LogP contribution in [0.1, 0.15) is 20.1 Å². The van der Waals surface area contributed by atoms with Crippen molar-refractivity contribution in [2.75, 3.05) is 54.5 Å². The zero-order valence-electron chi connectivity index (χ0n) is 26.2. The van der Waals surface area contributed by atoms with Crippen molar-refractivity contribution < 1.29 is 38.1 Å². The number of aliphatic carboxylic acids is 1. The van der Waals surface area contributed by atoms with Gasteiger partial charge < -0.3 is 36.8 Å². The molecule has 0 bridgehead atoms. The standard InChI is InChI=1S/C26H35N13O9S/c1-26(2)17(32-14-19(35-26)33-25(28)34-21(14)42)22(43)36-38-4-3-37(11(7-38)24(44)45)5-6-49(46,47)8-12-15(40)16(41)23(48-12)39-10-31-13-18(27)29-9-30-20(13)39/h9-12,15-16,23,40-41H,3-8H2,1-2H3,(H,36,43)(H,44,45)(H2,27,29,30)(H4,28,33,34,35,42)/t11?,12-,15?,16?,23-/m1/s1. The van der Waals surface area contributed by atoms with E-state index in [-0.39, 0.29) is 66.3 Å². The number of nitrogens with one attached hydrogen (secondary N) is 3. The minimum absolute atomic E-state index is 0.0558. The number of aliphatic hydroxyl groups excluding tert-OH is 2. The monoisotopic (exact) mass is 705 g/mol. The van der Waals surface area contributed by atoms with E-state index in [1.54, 1.807) is 13.8 Å². The van der Waals surface area contributed by atoms with E-state index in [1.165, 1.54) is 27.1 Å². The maximum Gasteiger partial charge on any atom is 0.322 e. The number of anilines is 3. The molecule has 3 aromatic rings. The topological polar surface area (TPSA) is 322 Å². The summed E-state index contributed by atoms with van der Waals surface area (Å²) in [5.74, 6) is -2.98. The Hall–Kier alpha value is -4.81. The highest BCUT2D eigenvalue weighted by Gasteiger charge is 2.46. The molecule has 3 unspecified atom stereocenters. The van der Waals surface area contributed by atoms with E-state index in [0.29, 0.717) is 0 Å². The number of fused-ring (bicyclic) bond motifs is 2. The van der Waals surface area contributed by atoms with Crippen LogP contribution in [0.4, 0.5) is 23.3 Å². The first-order valence-electron chi connectivity index (χ1n) is 15.0. The Morgan fingerprint density at radius 1 is 1.16 bits per heavy atom. The van der Waals surface area contributed by atoms with Gasteiger partial charge in [0.15, 0.2) is 39.0 Å². The summed E-state index contributed by atoms with van der Waals surface area (Å²) in [6.07, 6.45) is -3.11. The lowest BCUT2D eigenvalue weighted by molar-refractivity contribution is -0.147. The number of imidazole rings is 1. The highest BCUT2D eigenvalue weighted by molar-refractivity contribution is 7.91. The number of nitrogens with zero attached hydrogens (tertiary/aromatic N) is 8. The zero-order chi connectivity index (χ0) is 35.4. The average molecular weight is 706 g/mol. The third-order valence-corrected chi connectivity index (χ3v) is 10.2. The summed E-state index contributed by atoms with van der Waals surface area (Å²) in [6.45, 7) is 3.15. The van der Waals surface area contributed by atoms with Crippen molar-refractivity contribution >= 4 is 61.9 Å². The van der Waals surface area contributed by atoms with Gasteiger partial charge in [-0.1, -0.05) is 0 Å². The second kappa shape index (κ2) is 12.6. The minimum atomic E-state index is -3.95. The molecule has 0 saturated carbocycles. The summed E-state index contributed by atoms with van der Waals surface area (Å²) in [5.41, 5.74) is 12.6. The van der Waals surface area contributed by atoms with Crippen molar-refractivity contribution in [1.29, 1.82) is 0 Å². The third-order valence-electron chi connectivity index (χ3n) is 8.52. The van der Waals surface area contributed by atoms with Gasteiger partial charge >= 0.3 is 5.97 Å². The predicted octanol–water partition coefficient (Wildman–Crippen LogP) is -3.81. The fraction of sp³-hybridized carbons (Fsp3) is 0.538. The van der Waals surface area contributed by atoms with Crippen LogP contribution in [0, 0.1) is 0 Å². The molecule has 0 aromatic carbocycles. The van der Waals surface area contributed by atoms with Crippen LogP contribution in [0.3, 0.4) is 0 Å². The van der Waals surface area contributed by atoms with Crippen LogP contribution in [0.25, 0.3) is 11.2 Å². The molecule has 10 N–H and O–H groups in total. The normalized spacial score (nSPS) is 25.8. The number of hydrazine groups is 1. The number of nitrogens with two attached hydrogens (primary N) is 2. The number of hydrogen-bond acceptors (Lipinski definition) is 18. The molecule has 264 valence electrons. The molecule has 2 fully saturated rings. The van der Waals surface area contributed by atoms with Gasteiger partial charge in [0, 0.05) is 26.2 Å². The quantitative estimate of drug-likeness (QED) is 0.106. The number of hydrogen-bond donors (Lipinski definition) is 8. The van der Waals surface area contributed by atoms with Crippen LogP contribution in [0.2, 0.25) is 0 Å². The number of H-pyrrole nitrogens is 1. The second-order valence-corrected chi connectivity index (χ2v) is 14.6. The van der Waals surface area contributed by atoms with Crippen molar-refractivity contribution in [1.82, 2.24) is 44.8 Å². The first kappa shape index (κ1) is 34.1. The number of ether oxygens (including phenoxy) is 1. The minimum Gasteiger partial charge on any atom is -0.480 e. The molecule has 3 aliphatic rings. The van der Waals surface area contributed by atoms with E-state index in [1.807, 2.05) is 0 Å². The van der Waals surface area contributed by atoms with Gasteiger partial charge in [-0.05, 0) is 13.8 Å². The number of aliphatic hydroxyl groups is 2. The molecule has 2 saturated heterocycles. The molecule has 49 heavy (non-hydrogen) atoms.